The van der Waals surface area contributed by atoms with Gasteiger partial charge in [0.15, 0.2) is 0 Å². The molecule has 2 N–H and O–H groups in total. The summed E-state index contributed by atoms with van der Waals surface area (Å²) in [5.41, 5.74) is 2.47. The number of hydrogen-bond donors (Lipinski definition) is 2. The maximum atomic E-state index is 13.0. The number of aryl methyl sites for hydroxylation is 2. The van der Waals surface area contributed by atoms with Gasteiger partial charge in [-0.25, -0.2) is 4.39 Å². The first-order chi connectivity index (χ1) is 14.4. The molecule has 1 aliphatic heterocycles. The van der Waals surface area contributed by atoms with Crippen molar-refractivity contribution in [3.63, 3.8) is 0 Å². The third kappa shape index (κ3) is 4.56. The van der Waals surface area contributed by atoms with Gasteiger partial charge in [0.1, 0.15) is 17.7 Å². The summed E-state index contributed by atoms with van der Waals surface area (Å²) in [6, 6.07) is 9.78. The number of rotatable bonds is 5. The average molecular weight is 413 g/mol. The van der Waals surface area contributed by atoms with E-state index in [2.05, 4.69) is 10.3 Å². The summed E-state index contributed by atoms with van der Waals surface area (Å²) in [7, 11) is 0. The number of anilines is 1. The molecule has 1 saturated heterocycles. The Balaban J connectivity index is 1.33. The second-order valence-corrected chi connectivity index (χ2v) is 8.41. The van der Waals surface area contributed by atoms with Crippen molar-refractivity contribution >= 4 is 11.6 Å². The van der Waals surface area contributed by atoms with Gasteiger partial charge < -0.3 is 20.1 Å². The zero-order chi connectivity index (χ0) is 21.3. The number of ether oxygens (including phenoxy) is 1. The number of nitrogens with zero attached hydrogens (tertiary/aromatic N) is 2. The maximum absolute atomic E-state index is 13.0. The van der Waals surface area contributed by atoms with Gasteiger partial charge in [-0.2, -0.15) is 0 Å². The summed E-state index contributed by atoms with van der Waals surface area (Å²) >= 11 is 0. The monoisotopic (exact) mass is 413 g/mol. The minimum atomic E-state index is -0.556. The highest BCUT2D eigenvalue weighted by atomic mass is 19.1. The third-order valence-corrected chi connectivity index (χ3v) is 6.18. The fourth-order valence-electron chi connectivity index (χ4n) is 4.54. The summed E-state index contributed by atoms with van der Waals surface area (Å²) in [5, 5.41) is 13.7. The Hall–Kier alpha value is -2.67. The first-order valence-electron chi connectivity index (χ1n) is 10.4. The molecule has 6 nitrogen and oxygen atoms in total. The predicted molar refractivity (Wildman–Crippen MR) is 112 cm³/mol. The second-order valence-electron chi connectivity index (χ2n) is 8.41. The highest BCUT2D eigenvalue weighted by Crippen LogP contribution is 2.38. The van der Waals surface area contributed by atoms with Crippen LogP contribution in [-0.2, 0) is 4.79 Å². The van der Waals surface area contributed by atoms with Crippen molar-refractivity contribution in [1.82, 2.24) is 9.88 Å². The highest BCUT2D eigenvalue weighted by Gasteiger charge is 2.43. The van der Waals surface area contributed by atoms with Gasteiger partial charge in [0, 0.05) is 24.5 Å². The lowest BCUT2D eigenvalue weighted by Crippen LogP contribution is -2.42. The number of carbonyl (C=O) groups excluding carboxylic acids is 1. The zero-order valence-corrected chi connectivity index (χ0v) is 17.3. The number of nitrogens with one attached hydrogen (secondary N) is 1. The van der Waals surface area contributed by atoms with E-state index in [1.165, 1.54) is 12.1 Å². The molecule has 2 aliphatic rings. The van der Waals surface area contributed by atoms with Crippen molar-refractivity contribution in [3.8, 4) is 5.75 Å². The van der Waals surface area contributed by atoms with Crippen LogP contribution < -0.4 is 10.1 Å². The summed E-state index contributed by atoms with van der Waals surface area (Å²) < 4.78 is 19.1. The molecule has 0 unspecified atom stereocenters. The molecule has 1 saturated carbocycles. The lowest BCUT2D eigenvalue weighted by atomic mass is 9.78. The summed E-state index contributed by atoms with van der Waals surface area (Å²) in [6.45, 7) is 5.34. The predicted octanol–water partition coefficient (Wildman–Crippen LogP) is 2.93. The van der Waals surface area contributed by atoms with Gasteiger partial charge in [-0.3, -0.25) is 9.78 Å². The van der Waals surface area contributed by atoms with Crippen LogP contribution in [0.3, 0.4) is 0 Å². The van der Waals surface area contributed by atoms with Crippen LogP contribution in [0.2, 0.25) is 0 Å². The number of halogens is 1. The van der Waals surface area contributed by atoms with Crippen LogP contribution in [0.1, 0.15) is 24.2 Å². The number of pyridine rings is 1. The van der Waals surface area contributed by atoms with Crippen molar-refractivity contribution in [1.29, 1.82) is 0 Å². The van der Waals surface area contributed by atoms with Gasteiger partial charge in [0.25, 0.3) is 0 Å². The molecule has 1 amide bonds. The molecule has 0 radical (unpaired) electrons. The molecule has 1 aromatic heterocycles. The van der Waals surface area contributed by atoms with E-state index in [1.807, 2.05) is 30.9 Å². The smallest absolute Gasteiger partial charge is 0.241 e. The second kappa shape index (κ2) is 8.60. The van der Waals surface area contributed by atoms with Crippen LogP contribution in [-0.4, -0.2) is 52.7 Å². The van der Waals surface area contributed by atoms with Crippen LogP contribution in [0.25, 0.3) is 0 Å². The van der Waals surface area contributed by atoms with Crippen LogP contribution in [0.15, 0.2) is 36.4 Å². The molecule has 1 aromatic carbocycles. The Labute approximate surface area is 176 Å². The third-order valence-electron chi connectivity index (χ3n) is 6.18. The van der Waals surface area contributed by atoms with Crippen molar-refractivity contribution in [2.24, 2.45) is 11.8 Å². The molecule has 1 aliphatic carbocycles. The van der Waals surface area contributed by atoms with Gasteiger partial charge in [-0.05, 0) is 74.9 Å². The Morgan fingerprint density at radius 1 is 1.17 bits per heavy atom. The number of likely N-dealkylation sites (tertiary alicyclic amines) is 1. The maximum Gasteiger partial charge on any atom is 0.241 e. The van der Waals surface area contributed by atoms with Gasteiger partial charge >= 0.3 is 0 Å². The first kappa shape index (κ1) is 20.6. The molecule has 30 heavy (non-hydrogen) atoms. The Morgan fingerprint density at radius 3 is 2.57 bits per heavy atom. The summed E-state index contributed by atoms with van der Waals surface area (Å²) in [6.07, 6.45) is 0.498. The molecule has 4 rings (SSSR count). The van der Waals surface area contributed by atoms with Crippen molar-refractivity contribution in [2.45, 2.75) is 38.9 Å². The van der Waals surface area contributed by atoms with Crippen molar-refractivity contribution in [3.05, 3.63) is 53.6 Å². The number of benzene rings is 1. The Kier molecular flexibility index (Phi) is 5.90. The number of fused-ring (bicyclic) bond motifs is 1. The standard InChI is InChI=1S/C23H28FN3O3/c1-14-3-8-21(15(2)26-14)30-22-10-17-13-27(12-16(17)9-20(22)28)23(29)11-25-19-6-4-18(24)5-7-19/h3-8,16-17,20,22,25,28H,9-13H2,1-2H3/t16-,17+,20+,22+/m0/s1. The quantitative estimate of drug-likeness (QED) is 0.789. The summed E-state index contributed by atoms with van der Waals surface area (Å²) in [4.78, 5) is 18.9. The van der Waals surface area contributed by atoms with Gasteiger partial charge in [-0.15, -0.1) is 0 Å². The zero-order valence-electron chi connectivity index (χ0n) is 17.3. The fraction of sp³-hybridized carbons (Fsp3) is 0.478. The van der Waals surface area contributed by atoms with Crippen LogP contribution in [0.5, 0.6) is 5.75 Å². The molecule has 7 heteroatoms. The molecule has 2 heterocycles. The van der Waals surface area contributed by atoms with E-state index in [9.17, 15) is 14.3 Å². The average Bonchev–Trinajstić information content (AvgIpc) is 3.12. The van der Waals surface area contributed by atoms with Crippen LogP contribution in [0.4, 0.5) is 10.1 Å². The molecule has 0 spiro atoms. The molecular weight excluding hydrogens is 385 g/mol. The molecule has 160 valence electrons. The van der Waals surface area contributed by atoms with E-state index in [1.54, 1.807) is 12.1 Å². The van der Waals surface area contributed by atoms with Crippen molar-refractivity contribution < 1.29 is 19.0 Å². The van der Waals surface area contributed by atoms with E-state index in [0.717, 1.165) is 11.4 Å². The molecule has 2 aromatic rings. The van der Waals surface area contributed by atoms with Gasteiger partial charge in [0.2, 0.25) is 5.91 Å². The highest BCUT2D eigenvalue weighted by molar-refractivity contribution is 5.81. The normalized spacial score (nSPS) is 25.7. The Morgan fingerprint density at radius 2 is 1.87 bits per heavy atom. The van der Waals surface area contributed by atoms with Crippen LogP contribution in [0, 0.1) is 31.5 Å². The van der Waals surface area contributed by atoms with E-state index in [0.29, 0.717) is 43.3 Å². The SMILES string of the molecule is Cc1ccc(O[C@@H]2C[C@@H]3CN(C(=O)CNc4ccc(F)cc4)C[C@@H]3C[C@H]2O)c(C)n1. The topological polar surface area (TPSA) is 74.7 Å². The molecule has 0 bridgehead atoms. The summed E-state index contributed by atoms with van der Waals surface area (Å²) in [5.74, 6) is 1.01. The van der Waals surface area contributed by atoms with E-state index in [4.69, 9.17) is 4.74 Å². The number of hydrogen-bond acceptors (Lipinski definition) is 5. The van der Waals surface area contributed by atoms with Gasteiger partial charge in [-0.1, -0.05) is 0 Å². The lowest BCUT2D eigenvalue weighted by molar-refractivity contribution is -0.128. The van der Waals surface area contributed by atoms with E-state index < -0.39 is 6.10 Å². The number of carbonyl (C=O) groups is 1. The van der Waals surface area contributed by atoms with E-state index >= 15 is 0 Å². The van der Waals surface area contributed by atoms with E-state index in [-0.39, 0.29) is 30.3 Å². The Bertz CT molecular complexity index is 905. The number of aliphatic hydroxyl groups excluding tert-OH is 1. The number of aromatic nitrogens is 1. The minimum absolute atomic E-state index is 0.0132. The largest absolute Gasteiger partial charge is 0.486 e. The molecule has 2 fully saturated rings. The first-order valence-corrected chi connectivity index (χ1v) is 10.4. The van der Waals surface area contributed by atoms with Crippen molar-refractivity contribution in [2.75, 3.05) is 25.0 Å². The van der Waals surface area contributed by atoms with Gasteiger partial charge in [0.05, 0.1) is 18.3 Å². The van der Waals surface area contributed by atoms with Crippen LogP contribution >= 0.6 is 0 Å². The number of aliphatic hydroxyl groups is 1. The molecular formula is C23H28FN3O3. The fourth-order valence-corrected chi connectivity index (χ4v) is 4.54. The lowest BCUT2D eigenvalue weighted by Gasteiger charge is -2.35. The number of amides is 1. The molecule has 4 atom stereocenters. The minimum Gasteiger partial charge on any atom is -0.486 e.